The van der Waals surface area contributed by atoms with Gasteiger partial charge in [-0.3, -0.25) is 15.2 Å². The van der Waals surface area contributed by atoms with Crippen LogP contribution in [0.4, 0.5) is 0 Å². The highest BCUT2D eigenvalue weighted by molar-refractivity contribution is 6.45. The fourth-order valence-electron chi connectivity index (χ4n) is 2.80. The van der Waals surface area contributed by atoms with Crippen LogP contribution in [0.1, 0.15) is 12.8 Å². The number of aliphatic imine (C=N–C) groups is 1. The third kappa shape index (κ3) is 3.71. The van der Waals surface area contributed by atoms with Crippen LogP contribution in [0.5, 0.6) is 5.75 Å². The van der Waals surface area contributed by atoms with Crippen molar-refractivity contribution >= 4 is 17.3 Å². The Bertz CT molecular complexity index is 676. The van der Waals surface area contributed by atoms with Crippen LogP contribution >= 0.6 is 0 Å². The lowest BCUT2D eigenvalue weighted by Gasteiger charge is -2.21. The zero-order valence-corrected chi connectivity index (χ0v) is 13.4. The third-order valence-corrected chi connectivity index (χ3v) is 4.15. The largest absolute Gasteiger partial charge is 0.381 e. The molecule has 6 nitrogen and oxygen atoms in total. The summed E-state index contributed by atoms with van der Waals surface area (Å²) in [7, 11) is 0. The molecule has 1 saturated heterocycles. The summed E-state index contributed by atoms with van der Waals surface area (Å²) >= 11 is 0. The van der Waals surface area contributed by atoms with Crippen molar-refractivity contribution in [3.05, 3.63) is 48.9 Å². The van der Waals surface area contributed by atoms with Gasteiger partial charge >= 0.3 is 0 Å². The molecule has 2 aliphatic rings. The number of carbonyl (C=O) groups is 1. The number of hydrogen-bond donors (Lipinski definition) is 3. The molecule has 2 atom stereocenters. The standard InChI is InChI=1S/C18H21N4O2/c1-12-11-21-16(10-14(12)17(23)15-8-5-9-20-15)18(19)22-24-13-6-3-2-4-7-13/h2-4,6-7,10,12,15,20H,1,5,8-9,11H2,(H2,19,22)/t12?,15-/m0/s1. The van der Waals surface area contributed by atoms with Gasteiger partial charge in [0, 0.05) is 18.0 Å². The first-order valence-electron chi connectivity index (χ1n) is 8.08. The molecule has 2 heterocycles. The smallest absolute Gasteiger partial charge is 0.178 e. The summed E-state index contributed by atoms with van der Waals surface area (Å²) in [6.07, 6.45) is 3.52. The van der Waals surface area contributed by atoms with Crippen molar-refractivity contribution in [2.24, 2.45) is 10.9 Å². The molecule has 3 rings (SSSR count). The van der Waals surface area contributed by atoms with Crippen LogP contribution in [0.2, 0.25) is 0 Å². The number of dihydropyridines is 1. The Morgan fingerprint density at radius 1 is 1.38 bits per heavy atom. The SMILES string of the molecule is [CH2]C1CN=C(C(=N)NOc2ccccc2)C=C1C(=O)[C@@H]1CCCN1. The van der Waals surface area contributed by atoms with Crippen molar-refractivity contribution in [1.82, 2.24) is 10.8 Å². The van der Waals surface area contributed by atoms with E-state index in [1.165, 1.54) is 0 Å². The first-order valence-corrected chi connectivity index (χ1v) is 8.08. The molecule has 125 valence electrons. The lowest BCUT2D eigenvalue weighted by atomic mass is 9.89. The molecule has 2 aliphatic heterocycles. The van der Waals surface area contributed by atoms with Gasteiger partial charge in [0.15, 0.2) is 17.4 Å². The molecular formula is C18H21N4O2. The monoisotopic (exact) mass is 325 g/mol. The van der Waals surface area contributed by atoms with Gasteiger partial charge in [-0.1, -0.05) is 18.2 Å². The Morgan fingerprint density at radius 3 is 2.88 bits per heavy atom. The maximum Gasteiger partial charge on any atom is 0.178 e. The van der Waals surface area contributed by atoms with Gasteiger partial charge < -0.3 is 10.2 Å². The molecule has 3 N–H and O–H groups in total. The topological polar surface area (TPSA) is 86.6 Å². The number of nitrogens with zero attached hydrogens (tertiary/aromatic N) is 1. The number of hydroxylamine groups is 1. The van der Waals surface area contributed by atoms with Gasteiger partial charge in [0.25, 0.3) is 0 Å². The maximum atomic E-state index is 12.6. The minimum atomic E-state index is -0.175. The molecule has 6 heteroatoms. The highest BCUT2D eigenvalue weighted by Gasteiger charge is 2.29. The van der Waals surface area contributed by atoms with Crippen LogP contribution in [-0.2, 0) is 4.79 Å². The number of ketones is 1. The number of rotatable bonds is 5. The summed E-state index contributed by atoms with van der Waals surface area (Å²) in [4.78, 5) is 22.3. The van der Waals surface area contributed by atoms with E-state index in [0.29, 0.717) is 23.6 Å². The molecule has 0 saturated carbocycles. The van der Waals surface area contributed by atoms with Crippen LogP contribution in [0, 0.1) is 18.3 Å². The minimum absolute atomic E-state index is 0.0236. The Balaban J connectivity index is 1.66. The van der Waals surface area contributed by atoms with E-state index in [0.717, 1.165) is 19.4 Å². The molecule has 0 aromatic heterocycles. The van der Waals surface area contributed by atoms with Crippen molar-refractivity contribution in [1.29, 1.82) is 5.41 Å². The van der Waals surface area contributed by atoms with Crippen molar-refractivity contribution in [2.45, 2.75) is 18.9 Å². The summed E-state index contributed by atoms with van der Waals surface area (Å²) in [5, 5.41) is 11.3. The molecule has 0 bridgehead atoms. The summed E-state index contributed by atoms with van der Waals surface area (Å²) in [5.41, 5.74) is 3.61. The van der Waals surface area contributed by atoms with E-state index in [-0.39, 0.29) is 23.6 Å². The van der Waals surface area contributed by atoms with Gasteiger partial charge in [-0.25, -0.2) is 5.48 Å². The van der Waals surface area contributed by atoms with Gasteiger partial charge in [-0.15, -0.1) is 0 Å². The molecule has 1 aromatic rings. The summed E-state index contributed by atoms with van der Waals surface area (Å²) in [5.74, 6) is 0.516. The van der Waals surface area contributed by atoms with Crippen LogP contribution in [-0.4, -0.2) is 36.5 Å². The van der Waals surface area contributed by atoms with Crippen molar-refractivity contribution in [3.63, 3.8) is 0 Å². The summed E-state index contributed by atoms with van der Waals surface area (Å²) < 4.78 is 0. The van der Waals surface area contributed by atoms with Gasteiger partial charge in [0.05, 0.1) is 6.04 Å². The van der Waals surface area contributed by atoms with Crippen molar-refractivity contribution in [2.75, 3.05) is 13.1 Å². The molecule has 1 fully saturated rings. The fourth-order valence-corrected chi connectivity index (χ4v) is 2.80. The Kier molecular flexibility index (Phi) is 5.05. The normalized spacial score (nSPS) is 23.2. The predicted molar refractivity (Wildman–Crippen MR) is 93.2 cm³/mol. The van der Waals surface area contributed by atoms with Crippen LogP contribution in [0.3, 0.4) is 0 Å². The van der Waals surface area contributed by atoms with E-state index in [9.17, 15) is 4.79 Å². The Morgan fingerprint density at radius 2 is 2.17 bits per heavy atom. The average Bonchev–Trinajstić information content (AvgIpc) is 3.15. The zero-order chi connectivity index (χ0) is 16.9. The van der Waals surface area contributed by atoms with Crippen molar-refractivity contribution < 1.29 is 9.63 Å². The molecule has 24 heavy (non-hydrogen) atoms. The van der Waals surface area contributed by atoms with Crippen LogP contribution in [0.15, 0.2) is 47.0 Å². The van der Waals surface area contributed by atoms with Crippen LogP contribution in [0.25, 0.3) is 0 Å². The number of nitrogens with one attached hydrogen (secondary N) is 3. The first kappa shape index (κ1) is 16.4. The van der Waals surface area contributed by atoms with Gasteiger partial charge in [0.2, 0.25) is 0 Å². The molecular weight excluding hydrogens is 304 g/mol. The van der Waals surface area contributed by atoms with E-state index in [1.807, 2.05) is 18.2 Å². The second-order valence-corrected chi connectivity index (χ2v) is 5.93. The highest BCUT2D eigenvalue weighted by atomic mass is 16.6. The number of Topliss-reactive ketones (excluding diaryl/α,β-unsaturated/α-hetero) is 1. The Hall–Kier alpha value is -2.47. The molecule has 1 unspecified atom stereocenters. The fraction of sp³-hybridized carbons (Fsp3) is 0.333. The van der Waals surface area contributed by atoms with Gasteiger partial charge in [0.1, 0.15) is 5.71 Å². The quantitative estimate of drug-likeness (QED) is 0.437. The van der Waals surface area contributed by atoms with E-state index in [1.54, 1.807) is 18.2 Å². The molecule has 1 radical (unpaired) electrons. The van der Waals surface area contributed by atoms with E-state index >= 15 is 0 Å². The number of para-hydroxylation sites is 1. The van der Waals surface area contributed by atoms with E-state index in [4.69, 9.17) is 10.2 Å². The Labute approximate surface area is 141 Å². The number of carbonyl (C=O) groups excluding carboxylic acids is 1. The molecule has 0 spiro atoms. The maximum absolute atomic E-state index is 12.6. The lowest BCUT2D eigenvalue weighted by Crippen LogP contribution is -2.38. The van der Waals surface area contributed by atoms with Gasteiger partial charge in [-0.05, 0) is 44.5 Å². The molecule has 0 aliphatic carbocycles. The van der Waals surface area contributed by atoms with Crippen molar-refractivity contribution in [3.8, 4) is 5.75 Å². The zero-order valence-electron chi connectivity index (χ0n) is 13.4. The highest BCUT2D eigenvalue weighted by Crippen LogP contribution is 2.21. The summed E-state index contributed by atoms with van der Waals surface area (Å²) in [6.45, 7) is 5.28. The second kappa shape index (κ2) is 7.40. The molecule has 1 aromatic carbocycles. The van der Waals surface area contributed by atoms with E-state index in [2.05, 4.69) is 22.7 Å². The number of hydrogen-bond acceptors (Lipinski definition) is 5. The number of amidine groups is 1. The minimum Gasteiger partial charge on any atom is -0.381 e. The number of benzene rings is 1. The van der Waals surface area contributed by atoms with Crippen LogP contribution < -0.4 is 15.6 Å². The predicted octanol–water partition coefficient (Wildman–Crippen LogP) is 1.70. The third-order valence-electron chi connectivity index (χ3n) is 4.15. The first-order chi connectivity index (χ1) is 11.6. The average molecular weight is 325 g/mol. The molecule has 0 amide bonds. The second-order valence-electron chi connectivity index (χ2n) is 5.93. The van der Waals surface area contributed by atoms with E-state index < -0.39 is 0 Å². The van der Waals surface area contributed by atoms with Gasteiger partial charge in [-0.2, -0.15) is 0 Å². The lowest BCUT2D eigenvalue weighted by molar-refractivity contribution is -0.117. The summed E-state index contributed by atoms with van der Waals surface area (Å²) in [6, 6.07) is 9.00.